The van der Waals surface area contributed by atoms with E-state index in [1.54, 1.807) is 4.90 Å². The fraction of sp³-hybridized carbons (Fsp3) is 0.533. The van der Waals surface area contributed by atoms with E-state index >= 15 is 0 Å². The highest BCUT2D eigenvalue weighted by Gasteiger charge is 2.23. The molecule has 1 aromatic rings. The Hall–Kier alpha value is -1.40. The van der Waals surface area contributed by atoms with Crippen LogP contribution in [-0.2, 0) is 21.2 Å². The first-order valence-corrected chi connectivity index (χ1v) is 9.04. The van der Waals surface area contributed by atoms with Gasteiger partial charge in [-0.25, -0.2) is 8.42 Å². The lowest BCUT2D eigenvalue weighted by molar-refractivity contribution is -0.118. The number of hydrogen-bond acceptors (Lipinski definition) is 3. The molecule has 0 saturated carbocycles. The SMILES string of the molecule is CN(CC(=O)N1CCCCCc2ccccc21)S(C)(=O)=O. The molecule has 6 heteroatoms. The summed E-state index contributed by atoms with van der Waals surface area (Å²) in [7, 11) is -1.91. The summed E-state index contributed by atoms with van der Waals surface area (Å²) in [6.07, 6.45) is 5.23. The van der Waals surface area contributed by atoms with Crippen molar-refractivity contribution < 1.29 is 13.2 Å². The molecule has 1 heterocycles. The number of anilines is 1. The predicted molar refractivity (Wildman–Crippen MR) is 83.8 cm³/mol. The molecule has 5 nitrogen and oxygen atoms in total. The van der Waals surface area contributed by atoms with Gasteiger partial charge < -0.3 is 4.90 Å². The molecule has 0 radical (unpaired) electrons. The van der Waals surface area contributed by atoms with E-state index in [1.807, 2.05) is 24.3 Å². The van der Waals surface area contributed by atoms with E-state index in [0.717, 1.165) is 47.5 Å². The molecule has 0 aliphatic carbocycles. The largest absolute Gasteiger partial charge is 0.311 e. The molecule has 0 fully saturated rings. The van der Waals surface area contributed by atoms with Gasteiger partial charge in [0.05, 0.1) is 12.8 Å². The Bertz CT molecular complexity index is 613. The standard InChI is InChI=1S/C15H22N2O3S/c1-16(21(2,19)20)12-15(18)17-11-7-3-4-8-13-9-5-6-10-14(13)17/h5-6,9-10H,3-4,7-8,11-12H2,1-2H3. The van der Waals surface area contributed by atoms with Crippen LogP contribution in [-0.4, -0.2) is 45.0 Å². The summed E-state index contributed by atoms with van der Waals surface area (Å²) >= 11 is 0. The van der Waals surface area contributed by atoms with Gasteiger partial charge in [0, 0.05) is 19.3 Å². The summed E-state index contributed by atoms with van der Waals surface area (Å²) in [5.74, 6) is -0.169. The van der Waals surface area contributed by atoms with Gasteiger partial charge in [-0.05, 0) is 30.9 Å². The normalized spacial score (nSPS) is 16.2. The molecule has 0 spiro atoms. The first-order valence-electron chi connectivity index (χ1n) is 7.19. The van der Waals surface area contributed by atoms with Crippen LogP contribution in [0.2, 0.25) is 0 Å². The van der Waals surface area contributed by atoms with E-state index in [9.17, 15) is 13.2 Å². The number of rotatable bonds is 3. The fourth-order valence-electron chi connectivity index (χ4n) is 2.52. The van der Waals surface area contributed by atoms with Gasteiger partial charge in [0.15, 0.2) is 0 Å². The first kappa shape index (κ1) is 16.0. The van der Waals surface area contributed by atoms with Crippen molar-refractivity contribution >= 4 is 21.6 Å². The summed E-state index contributed by atoms with van der Waals surface area (Å²) in [4.78, 5) is 14.2. The number of fused-ring (bicyclic) bond motifs is 1. The van der Waals surface area contributed by atoms with Crippen molar-refractivity contribution in [3.63, 3.8) is 0 Å². The van der Waals surface area contributed by atoms with Crippen molar-refractivity contribution in [1.29, 1.82) is 0 Å². The number of para-hydroxylation sites is 1. The minimum Gasteiger partial charge on any atom is -0.311 e. The van der Waals surface area contributed by atoms with Gasteiger partial charge in [0.25, 0.3) is 0 Å². The highest BCUT2D eigenvalue weighted by atomic mass is 32.2. The maximum atomic E-state index is 12.5. The van der Waals surface area contributed by atoms with E-state index in [2.05, 4.69) is 0 Å². The van der Waals surface area contributed by atoms with Crippen LogP contribution in [0.3, 0.4) is 0 Å². The average Bonchev–Trinajstić information content (AvgIpc) is 2.38. The van der Waals surface area contributed by atoms with Crippen LogP contribution in [0.1, 0.15) is 24.8 Å². The molecule has 1 aliphatic rings. The van der Waals surface area contributed by atoms with Gasteiger partial charge in [-0.2, -0.15) is 4.31 Å². The van der Waals surface area contributed by atoms with E-state index < -0.39 is 10.0 Å². The van der Waals surface area contributed by atoms with Crippen LogP contribution < -0.4 is 4.90 Å². The Kier molecular flexibility index (Phi) is 5.00. The number of likely N-dealkylation sites (N-methyl/N-ethyl adjacent to an activating group) is 1. The second-order valence-corrected chi connectivity index (χ2v) is 7.59. The predicted octanol–water partition coefficient (Wildman–Crippen LogP) is 1.64. The monoisotopic (exact) mass is 310 g/mol. The number of hydrogen-bond donors (Lipinski definition) is 0. The summed E-state index contributed by atoms with van der Waals surface area (Å²) in [5.41, 5.74) is 2.08. The van der Waals surface area contributed by atoms with Crippen LogP contribution >= 0.6 is 0 Å². The third-order valence-corrected chi connectivity index (χ3v) is 5.10. The van der Waals surface area contributed by atoms with Gasteiger partial charge in [-0.15, -0.1) is 0 Å². The minimum atomic E-state index is -3.34. The van der Waals surface area contributed by atoms with E-state index in [-0.39, 0.29) is 12.5 Å². The number of carbonyl (C=O) groups is 1. The molecule has 0 bridgehead atoms. The minimum absolute atomic E-state index is 0.118. The van der Waals surface area contributed by atoms with Crippen molar-refractivity contribution in [3.05, 3.63) is 29.8 Å². The lowest BCUT2D eigenvalue weighted by Gasteiger charge is -2.28. The topological polar surface area (TPSA) is 57.7 Å². The third kappa shape index (κ3) is 4.04. The molecule has 0 unspecified atom stereocenters. The summed E-state index contributed by atoms with van der Waals surface area (Å²) < 4.78 is 24.0. The molecule has 1 amide bonds. The van der Waals surface area contributed by atoms with Gasteiger partial charge in [0.2, 0.25) is 15.9 Å². The maximum absolute atomic E-state index is 12.5. The number of amides is 1. The molecule has 0 atom stereocenters. The molecule has 0 aromatic heterocycles. The Morgan fingerprint density at radius 2 is 1.95 bits per heavy atom. The second-order valence-electron chi connectivity index (χ2n) is 5.50. The van der Waals surface area contributed by atoms with Crippen LogP contribution in [0.4, 0.5) is 5.69 Å². The fourth-order valence-corrected chi connectivity index (χ4v) is 2.87. The van der Waals surface area contributed by atoms with Crippen LogP contribution in [0, 0.1) is 0 Å². The van der Waals surface area contributed by atoms with Crippen molar-refractivity contribution in [3.8, 4) is 0 Å². The maximum Gasteiger partial charge on any atom is 0.242 e. The lowest BCUT2D eigenvalue weighted by atomic mass is 10.0. The molecule has 21 heavy (non-hydrogen) atoms. The second kappa shape index (κ2) is 6.58. The van der Waals surface area contributed by atoms with Crippen molar-refractivity contribution in [2.45, 2.75) is 25.7 Å². The zero-order valence-corrected chi connectivity index (χ0v) is 13.4. The summed E-state index contributed by atoms with van der Waals surface area (Å²) in [6.45, 7) is 0.528. The molecule has 116 valence electrons. The first-order chi connectivity index (χ1) is 9.89. The average molecular weight is 310 g/mol. The highest BCUT2D eigenvalue weighted by Crippen LogP contribution is 2.25. The zero-order chi connectivity index (χ0) is 15.5. The lowest BCUT2D eigenvalue weighted by Crippen LogP contribution is -2.42. The molecule has 1 aliphatic heterocycles. The van der Waals surface area contributed by atoms with Crippen LogP contribution in [0.5, 0.6) is 0 Å². The molecule has 1 aromatic carbocycles. The molecular weight excluding hydrogens is 288 g/mol. The number of benzene rings is 1. The number of carbonyl (C=O) groups excluding carboxylic acids is 1. The molecular formula is C15H22N2O3S. The number of sulfonamides is 1. The summed E-state index contributed by atoms with van der Waals surface area (Å²) in [5, 5.41) is 0. The van der Waals surface area contributed by atoms with Crippen molar-refractivity contribution in [1.82, 2.24) is 4.31 Å². The smallest absolute Gasteiger partial charge is 0.242 e. The Morgan fingerprint density at radius 3 is 2.67 bits per heavy atom. The molecule has 2 rings (SSSR count). The van der Waals surface area contributed by atoms with Gasteiger partial charge in [-0.3, -0.25) is 4.79 Å². The van der Waals surface area contributed by atoms with Crippen molar-refractivity contribution in [2.75, 3.05) is 31.3 Å². The van der Waals surface area contributed by atoms with Crippen LogP contribution in [0.15, 0.2) is 24.3 Å². The highest BCUT2D eigenvalue weighted by molar-refractivity contribution is 7.88. The Balaban J connectivity index is 2.24. The molecule has 0 saturated heterocycles. The van der Waals surface area contributed by atoms with E-state index in [4.69, 9.17) is 0 Å². The van der Waals surface area contributed by atoms with Gasteiger partial charge >= 0.3 is 0 Å². The summed E-state index contributed by atoms with van der Waals surface area (Å²) in [6, 6.07) is 7.88. The zero-order valence-electron chi connectivity index (χ0n) is 12.6. The van der Waals surface area contributed by atoms with Gasteiger partial charge in [0.1, 0.15) is 0 Å². The Morgan fingerprint density at radius 1 is 1.24 bits per heavy atom. The van der Waals surface area contributed by atoms with Crippen molar-refractivity contribution in [2.24, 2.45) is 0 Å². The number of aryl methyl sites for hydroxylation is 1. The van der Waals surface area contributed by atoms with Gasteiger partial charge in [-0.1, -0.05) is 24.6 Å². The molecule has 0 N–H and O–H groups in total. The van der Waals surface area contributed by atoms with Crippen LogP contribution in [0.25, 0.3) is 0 Å². The van der Waals surface area contributed by atoms with E-state index in [0.29, 0.717) is 6.54 Å². The third-order valence-electron chi connectivity index (χ3n) is 3.84. The Labute approximate surface area is 126 Å². The number of nitrogens with zero attached hydrogens (tertiary/aromatic N) is 2. The van der Waals surface area contributed by atoms with E-state index in [1.165, 1.54) is 7.05 Å². The quantitative estimate of drug-likeness (QED) is 0.853.